The van der Waals surface area contributed by atoms with Crippen LogP contribution in [0.2, 0.25) is 0 Å². The lowest BCUT2D eigenvalue weighted by Gasteiger charge is -1.97. The summed E-state index contributed by atoms with van der Waals surface area (Å²) >= 11 is 3.44. The van der Waals surface area contributed by atoms with Gasteiger partial charge in [0, 0.05) is 9.77 Å². The van der Waals surface area contributed by atoms with E-state index in [0.29, 0.717) is 0 Å². The van der Waals surface area contributed by atoms with Gasteiger partial charge in [-0.15, -0.1) is 11.3 Å². The van der Waals surface area contributed by atoms with Crippen LogP contribution in [0.1, 0.15) is 16.1 Å². The van der Waals surface area contributed by atoms with Crippen LogP contribution < -0.4 is 0 Å². The Bertz CT molecular complexity index is 565. The molecule has 1 nitrogen and oxygen atoms in total. The Kier molecular flexibility index (Phi) is 4.39. The highest BCUT2D eigenvalue weighted by Gasteiger charge is 2.06. The van der Waals surface area contributed by atoms with Gasteiger partial charge >= 0.3 is 0 Å². The summed E-state index contributed by atoms with van der Waals surface area (Å²) in [5.41, 5.74) is 2.32. The maximum atomic E-state index is 4.61. The normalized spacial score (nSPS) is 11.0. The van der Waals surface area contributed by atoms with Crippen LogP contribution in [0.3, 0.4) is 0 Å². The van der Waals surface area contributed by atoms with E-state index in [1.54, 1.807) is 29.2 Å². The predicted octanol–water partition coefficient (Wildman–Crippen LogP) is 5.11. The largest absolute Gasteiger partial charge is 0.230 e. The van der Waals surface area contributed by atoms with Gasteiger partial charge in [-0.05, 0) is 32.1 Å². The van der Waals surface area contributed by atoms with Crippen LogP contribution in [-0.4, -0.2) is 4.98 Å². The zero-order valence-corrected chi connectivity index (χ0v) is 12.1. The van der Waals surface area contributed by atoms with Crippen molar-refractivity contribution in [1.82, 2.24) is 4.98 Å². The van der Waals surface area contributed by atoms with Gasteiger partial charge in [0.1, 0.15) is 0 Å². The summed E-state index contributed by atoms with van der Waals surface area (Å²) in [6.07, 6.45) is 5.69. The lowest BCUT2D eigenvalue weighted by atomic mass is 10.2. The fourth-order valence-electron chi connectivity index (χ4n) is 1.45. The molecule has 0 atom stereocenters. The number of benzene rings is 1. The Labute approximate surface area is 116 Å². The number of aryl methyl sites for hydroxylation is 2. The van der Waals surface area contributed by atoms with Gasteiger partial charge < -0.3 is 0 Å². The van der Waals surface area contributed by atoms with Gasteiger partial charge in [-0.25, -0.2) is 4.98 Å². The maximum Gasteiger partial charge on any atom is 0.155 e. The van der Waals surface area contributed by atoms with Crippen LogP contribution in [0, 0.1) is 13.8 Å². The minimum atomic E-state index is 1.04. The molecule has 0 radical (unpaired) electrons. The topological polar surface area (TPSA) is 12.9 Å². The van der Waals surface area contributed by atoms with Crippen molar-refractivity contribution in [2.75, 3.05) is 0 Å². The van der Waals surface area contributed by atoms with Crippen molar-refractivity contribution in [3.63, 3.8) is 0 Å². The van der Waals surface area contributed by atoms with Crippen molar-refractivity contribution in [2.45, 2.75) is 23.1 Å². The average molecular weight is 273 g/mol. The monoisotopic (exact) mass is 273 g/mol. The summed E-state index contributed by atoms with van der Waals surface area (Å²) in [5.74, 6) is 0. The molecule has 0 fully saturated rings. The van der Waals surface area contributed by atoms with Crippen LogP contribution in [0.4, 0.5) is 0 Å². The molecular formula is C15H15NS2. The molecule has 0 aliphatic heterocycles. The van der Waals surface area contributed by atoms with E-state index in [0.717, 1.165) is 10.0 Å². The van der Waals surface area contributed by atoms with Crippen LogP contribution in [0.15, 0.2) is 52.2 Å². The van der Waals surface area contributed by atoms with Crippen molar-refractivity contribution in [3.8, 4) is 0 Å². The first-order valence-corrected chi connectivity index (χ1v) is 7.33. The van der Waals surface area contributed by atoms with Gasteiger partial charge in [-0.2, -0.15) is 0 Å². The number of hydrogen-bond donors (Lipinski definition) is 0. The fraction of sp³-hybridized carbons (Fsp3) is 0.133. The molecule has 1 heterocycles. The SMILES string of the molecule is C=C/C=C\c1nc(Sc2ccc(C)cc2)sc1C. The third kappa shape index (κ3) is 3.34. The van der Waals surface area contributed by atoms with Crippen LogP contribution in [-0.2, 0) is 0 Å². The number of nitrogens with zero attached hydrogens (tertiary/aromatic N) is 1. The lowest BCUT2D eigenvalue weighted by Crippen LogP contribution is -1.76. The first-order valence-electron chi connectivity index (χ1n) is 5.70. The van der Waals surface area contributed by atoms with E-state index >= 15 is 0 Å². The second-order valence-corrected chi connectivity index (χ2v) is 6.45. The Balaban J connectivity index is 2.17. The molecule has 0 bridgehead atoms. The highest BCUT2D eigenvalue weighted by atomic mass is 32.2. The summed E-state index contributed by atoms with van der Waals surface area (Å²) < 4.78 is 1.08. The number of hydrogen-bond acceptors (Lipinski definition) is 3. The number of allylic oxidation sites excluding steroid dienone is 2. The smallest absolute Gasteiger partial charge is 0.155 e. The third-order valence-electron chi connectivity index (χ3n) is 2.43. The van der Waals surface area contributed by atoms with Crippen LogP contribution >= 0.6 is 23.1 Å². The lowest BCUT2D eigenvalue weighted by molar-refractivity contribution is 1.21. The Morgan fingerprint density at radius 1 is 1.22 bits per heavy atom. The molecule has 3 heteroatoms. The van der Waals surface area contributed by atoms with Crippen molar-refractivity contribution < 1.29 is 0 Å². The van der Waals surface area contributed by atoms with Gasteiger partial charge in [0.2, 0.25) is 0 Å². The molecule has 0 N–H and O–H groups in total. The molecule has 0 unspecified atom stereocenters. The second kappa shape index (κ2) is 6.03. The number of rotatable bonds is 4. The molecule has 18 heavy (non-hydrogen) atoms. The van der Waals surface area contributed by atoms with Gasteiger partial charge in [-0.3, -0.25) is 0 Å². The third-order valence-corrected chi connectivity index (χ3v) is 4.48. The molecule has 2 aromatic rings. The minimum Gasteiger partial charge on any atom is -0.230 e. The van der Waals surface area contributed by atoms with Crippen molar-refractivity contribution in [1.29, 1.82) is 0 Å². The second-order valence-electron chi connectivity index (χ2n) is 3.93. The molecule has 0 aliphatic carbocycles. The van der Waals surface area contributed by atoms with Gasteiger partial charge in [0.15, 0.2) is 4.34 Å². The van der Waals surface area contributed by atoms with Gasteiger partial charge in [0.25, 0.3) is 0 Å². The van der Waals surface area contributed by atoms with Gasteiger partial charge in [0.05, 0.1) is 5.69 Å². The van der Waals surface area contributed by atoms with Crippen LogP contribution in [0.5, 0.6) is 0 Å². The van der Waals surface area contributed by atoms with Gasteiger partial charge in [-0.1, -0.05) is 48.2 Å². The van der Waals surface area contributed by atoms with E-state index in [9.17, 15) is 0 Å². The first kappa shape index (κ1) is 13.1. The maximum absolute atomic E-state index is 4.61. The molecular weight excluding hydrogens is 258 g/mol. The molecule has 92 valence electrons. The zero-order chi connectivity index (χ0) is 13.0. The van der Waals surface area contributed by atoms with E-state index < -0.39 is 0 Å². The van der Waals surface area contributed by atoms with Crippen molar-refractivity contribution in [3.05, 3.63) is 59.1 Å². The summed E-state index contributed by atoms with van der Waals surface area (Å²) in [5, 5.41) is 0. The molecule has 2 rings (SSSR count). The minimum absolute atomic E-state index is 1.04. The average Bonchev–Trinajstić information content (AvgIpc) is 2.70. The molecule has 0 saturated carbocycles. The summed E-state index contributed by atoms with van der Waals surface area (Å²) in [4.78, 5) is 7.08. The predicted molar refractivity (Wildman–Crippen MR) is 81.4 cm³/mol. The Morgan fingerprint density at radius 3 is 2.61 bits per heavy atom. The molecule has 1 aromatic heterocycles. The fourth-order valence-corrected chi connectivity index (χ4v) is 3.52. The Hall–Kier alpha value is -1.32. The van der Waals surface area contributed by atoms with Crippen LogP contribution in [0.25, 0.3) is 6.08 Å². The molecule has 1 aromatic carbocycles. The number of thiazole rings is 1. The van der Waals surface area contributed by atoms with E-state index in [1.807, 2.05) is 12.2 Å². The van der Waals surface area contributed by atoms with E-state index in [-0.39, 0.29) is 0 Å². The quantitative estimate of drug-likeness (QED) is 0.718. The summed E-state index contributed by atoms with van der Waals surface area (Å²) in [6.45, 7) is 7.87. The Morgan fingerprint density at radius 2 is 1.94 bits per heavy atom. The van der Waals surface area contributed by atoms with Crippen molar-refractivity contribution in [2.24, 2.45) is 0 Å². The standard InChI is InChI=1S/C15H15NS2/c1-4-5-6-14-12(3)17-15(16-14)18-13-9-7-11(2)8-10-13/h4-10H,1H2,2-3H3/b6-5-. The van der Waals surface area contributed by atoms with Crippen molar-refractivity contribution >= 4 is 29.2 Å². The zero-order valence-electron chi connectivity index (χ0n) is 10.5. The first-order chi connectivity index (χ1) is 8.69. The van der Waals surface area contributed by atoms with E-state index in [4.69, 9.17) is 0 Å². The number of aromatic nitrogens is 1. The molecule has 0 amide bonds. The molecule has 0 spiro atoms. The molecule has 0 aliphatic rings. The summed E-state index contributed by atoms with van der Waals surface area (Å²) in [7, 11) is 0. The highest BCUT2D eigenvalue weighted by molar-refractivity contribution is 8.01. The van der Waals surface area contributed by atoms with E-state index in [2.05, 4.69) is 49.7 Å². The molecule has 0 saturated heterocycles. The summed E-state index contributed by atoms with van der Waals surface area (Å²) in [6, 6.07) is 8.52. The van der Waals surface area contributed by atoms with E-state index in [1.165, 1.54) is 15.3 Å². The highest BCUT2D eigenvalue weighted by Crippen LogP contribution is 2.33.